The summed E-state index contributed by atoms with van der Waals surface area (Å²) in [5, 5.41) is 8.18. The normalized spacial score (nSPS) is 13.4. The van der Waals surface area contributed by atoms with Gasteiger partial charge < -0.3 is 9.84 Å². The van der Waals surface area contributed by atoms with E-state index in [9.17, 15) is 22.8 Å². The molecule has 0 heterocycles. The lowest BCUT2D eigenvalue weighted by Crippen LogP contribution is -2.28. The van der Waals surface area contributed by atoms with E-state index in [0.717, 1.165) is 7.11 Å². The van der Waals surface area contributed by atoms with E-state index < -0.39 is 36.9 Å². The van der Waals surface area contributed by atoms with Gasteiger partial charge in [0.2, 0.25) is 0 Å². The van der Waals surface area contributed by atoms with Gasteiger partial charge in [-0.1, -0.05) is 0 Å². The minimum atomic E-state index is -4.70. The number of carbonyl (C=O) groups is 2. The molecule has 4 nitrogen and oxygen atoms in total. The molecule has 0 aromatic carbocycles. The second kappa shape index (κ2) is 4.83. The summed E-state index contributed by atoms with van der Waals surface area (Å²) in [5.41, 5.74) is 0. The van der Waals surface area contributed by atoms with Crippen molar-refractivity contribution in [3.63, 3.8) is 0 Å². The Hall–Kier alpha value is -1.27. The zero-order valence-electron chi connectivity index (χ0n) is 7.30. The fourth-order valence-electron chi connectivity index (χ4n) is 0.799. The molecular weight excluding hydrogens is 205 g/mol. The van der Waals surface area contributed by atoms with Crippen molar-refractivity contribution < 1.29 is 32.6 Å². The number of esters is 1. The number of carbonyl (C=O) groups excluding carboxylic acids is 1. The van der Waals surface area contributed by atoms with Crippen LogP contribution in [0.25, 0.3) is 0 Å². The molecule has 0 fully saturated rings. The standard InChI is InChI=1S/C7H9F3O4/c1-14-6(13)3-4(2-5(11)12)7(8,9)10/h4H,2-3H2,1H3,(H,11,12)/t4-/m0/s1. The van der Waals surface area contributed by atoms with Crippen LogP contribution in [0.3, 0.4) is 0 Å². The van der Waals surface area contributed by atoms with Crippen molar-refractivity contribution in [2.45, 2.75) is 19.0 Å². The van der Waals surface area contributed by atoms with Gasteiger partial charge in [-0.25, -0.2) is 0 Å². The molecule has 14 heavy (non-hydrogen) atoms. The van der Waals surface area contributed by atoms with E-state index in [4.69, 9.17) is 5.11 Å². The minimum absolute atomic E-state index is 0.941. The van der Waals surface area contributed by atoms with Crippen LogP contribution in [-0.4, -0.2) is 30.3 Å². The topological polar surface area (TPSA) is 63.6 Å². The Bertz CT molecular complexity index is 223. The molecule has 0 rings (SSSR count). The molecule has 0 radical (unpaired) electrons. The Labute approximate surface area is 77.7 Å². The van der Waals surface area contributed by atoms with E-state index in [1.54, 1.807) is 0 Å². The zero-order valence-corrected chi connectivity index (χ0v) is 7.30. The Morgan fingerprint density at radius 1 is 1.36 bits per heavy atom. The van der Waals surface area contributed by atoms with E-state index in [-0.39, 0.29) is 0 Å². The second-order valence-corrected chi connectivity index (χ2v) is 2.62. The highest BCUT2D eigenvalue weighted by Crippen LogP contribution is 2.31. The van der Waals surface area contributed by atoms with Crippen molar-refractivity contribution in [1.29, 1.82) is 0 Å². The number of carboxylic acids is 1. The van der Waals surface area contributed by atoms with Crippen molar-refractivity contribution in [2.24, 2.45) is 5.92 Å². The van der Waals surface area contributed by atoms with Crippen LogP contribution in [0.2, 0.25) is 0 Å². The molecule has 1 atom stereocenters. The van der Waals surface area contributed by atoms with Crippen LogP contribution in [0, 0.1) is 5.92 Å². The first kappa shape index (κ1) is 12.7. The Balaban J connectivity index is 4.41. The van der Waals surface area contributed by atoms with Crippen molar-refractivity contribution in [2.75, 3.05) is 7.11 Å². The first-order valence-corrected chi connectivity index (χ1v) is 3.62. The van der Waals surface area contributed by atoms with E-state index in [1.165, 1.54) is 0 Å². The highest BCUT2D eigenvalue weighted by molar-refractivity contribution is 5.72. The highest BCUT2D eigenvalue weighted by Gasteiger charge is 2.42. The lowest BCUT2D eigenvalue weighted by atomic mass is 10.0. The van der Waals surface area contributed by atoms with Crippen LogP contribution in [0.4, 0.5) is 13.2 Å². The Kier molecular flexibility index (Phi) is 4.39. The predicted molar refractivity (Wildman–Crippen MR) is 38.4 cm³/mol. The van der Waals surface area contributed by atoms with Crippen LogP contribution in [0.15, 0.2) is 0 Å². The largest absolute Gasteiger partial charge is 0.481 e. The van der Waals surface area contributed by atoms with Crippen LogP contribution < -0.4 is 0 Å². The molecule has 0 aliphatic rings. The van der Waals surface area contributed by atoms with Gasteiger partial charge in [-0.2, -0.15) is 13.2 Å². The monoisotopic (exact) mass is 214 g/mol. The third-order valence-corrected chi connectivity index (χ3v) is 1.52. The van der Waals surface area contributed by atoms with Crippen molar-refractivity contribution in [1.82, 2.24) is 0 Å². The summed E-state index contributed by atoms with van der Waals surface area (Å²) in [7, 11) is 0.941. The van der Waals surface area contributed by atoms with Gasteiger partial charge in [-0.05, 0) is 0 Å². The summed E-state index contributed by atoms with van der Waals surface area (Å²) in [6, 6.07) is 0. The number of hydrogen-bond acceptors (Lipinski definition) is 3. The number of carboxylic acid groups (broad SMARTS) is 1. The number of alkyl halides is 3. The molecule has 7 heteroatoms. The third kappa shape index (κ3) is 4.68. The molecule has 0 saturated heterocycles. The Morgan fingerprint density at radius 3 is 2.14 bits per heavy atom. The number of ether oxygens (including phenoxy) is 1. The fourth-order valence-corrected chi connectivity index (χ4v) is 0.799. The van der Waals surface area contributed by atoms with Gasteiger partial charge in [0.05, 0.1) is 25.9 Å². The van der Waals surface area contributed by atoms with Gasteiger partial charge in [-0.3, -0.25) is 9.59 Å². The maximum Gasteiger partial charge on any atom is 0.392 e. The van der Waals surface area contributed by atoms with E-state index in [2.05, 4.69) is 4.74 Å². The molecule has 0 unspecified atom stereocenters. The molecule has 0 aliphatic heterocycles. The molecule has 0 aliphatic carbocycles. The maximum absolute atomic E-state index is 12.1. The molecule has 0 amide bonds. The van der Waals surface area contributed by atoms with Crippen LogP contribution in [0.1, 0.15) is 12.8 Å². The smallest absolute Gasteiger partial charge is 0.392 e. The molecule has 0 aromatic heterocycles. The van der Waals surface area contributed by atoms with Crippen LogP contribution >= 0.6 is 0 Å². The van der Waals surface area contributed by atoms with Crippen LogP contribution in [-0.2, 0) is 14.3 Å². The molecule has 1 N–H and O–H groups in total. The average molecular weight is 214 g/mol. The number of hydrogen-bond donors (Lipinski definition) is 1. The predicted octanol–water partition coefficient (Wildman–Crippen LogP) is 1.20. The molecule has 0 spiro atoms. The third-order valence-electron chi connectivity index (χ3n) is 1.52. The highest BCUT2D eigenvalue weighted by atomic mass is 19.4. The number of rotatable bonds is 4. The molecular formula is C7H9F3O4. The van der Waals surface area contributed by atoms with E-state index in [1.807, 2.05) is 0 Å². The lowest BCUT2D eigenvalue weighted by molar-refractivity contribution is -0.189. The summed E-state index contributed by atoms with van der Waals surface area (Å²) >= 11 is 0. The van der Waals surface area contributed by atoms with Gasteiger partial charge in [0.25, 0.3) is 0 Å². The van der Waals surface area contributed by atoms with Gasteiger partial charge in [0, 0.05) is 0 Å². The van der Waals surface area contributed by atoms with Gasteiger partial charge in [-0.15, -0.1) is 0 Å². The van der Waals surface area contributed by atoms with Crippen LogP contribution in [0.5, 0.6) is 0 Å². The SMILES string of the molecule is COC(=O)C[C@H](CC(=O)O)C(F)(F)F. The van der Waals surface area contributed by atoms with Crippen molar-refractivity contribution in [3.8, 4) is 0 Å². The first-order chi connectivity index (χ1) is 6.27. The van der Waals surface area contributed by atoms with Crippen molar-refractivity contribution >= 4 is 11.9 Å². The summed E-state index contributed by atoms with van der Waals surface area (Å²) in [6.07, 6.45) is -6.79. The van der Waals surface area contributed by atoms with E-state index in [0.29, 0.717) is 0 Å². The lowest BCUT2D eigenvalue weighted by Gasteiger charge is -2.16. The molecule has 0 bridgehead atoms. The maximum atomic E-state index is 12.1. The summed E-state index contributed by atoms with van der Waals surface area (Å²) in [4.78, 5) is 20.6. The first-order valence-electron chi connectivity index (χ1n) is 3.62. The fraction of sp³-hybridized carbons (Fsp3) is 0.714. The molecule has 0 aromatic rings. The zero-order chi connectivity index (χ0) is 11.4. The minimum Gasteiger partial charge on any atom is -0.481 e. The average Bonchev–Trinajstić information content (AvgIpc) is 2.00. The van der Waals surface area contributed by atoms with Gasteiger partial charge in [0.1, 0.15) is 0 Å². The van der Waals surface area contributed by atoms with E-state index >= 15 is 0 Å². The number of methoxy groups -OCH3 is 1. The van der Waals surface area contributed by atoms with Gasteiger partial charge >= 0.3 is 18.1 Å². The van der Waals surface area contributed by atoms with Crippen molar-refractivity contribution in [3.05, 3.63) is 0 Å². The number of halogens is 3. The summed E-state index contributed by atoms with van der Waals surface area (Å²) in [6.45, 7) is 0. The summed E-state index contributed by atoms with van der Waals surface area (Å²) < 4.78 is 40.3. The quantitative estimate of drug-likeness (QED) is 0.714. The van der Waals surface area contributed by atoms with Gasteiger partial charge in [0.15, 0.2) is 0 Å². The second-order valence-electron chi connectivity index (χ2n) is 2.62. The molecule has 82 valence electrons. The molecule has 0 saturated carbocycles. The summed E-state index contributed by atoms with van der Waals surface area (Å²) in [5.74, 6) is -4.86. The Morgan fingerprint density at radius 2 is 1.86 bits per heavy atom. The number of aliphatic carboxylic acids is 1.